The molecule has 8 heteroatoms. The van der Waals surface area contributed by atoms with Gasteiger partial charge in [-0.2, -0.15) is 13.2 Å². The quantitative estimate of drug-likeness (QED) is 0.688. The van der Waals surface area contributed by atoms with Crippen molar-refractivity contribution in [3.05, 3.63) is 65.2 Å². The summed E-state index contributed by atoms with van der Waals surface area (Å²) in [4.78, 5) is 16.5. The Hall–Kier alpha value is -2.87. The third kappa shape index (κ3) is 4.02. The van der Waals surface area contributed by atoms with Crippen LogP contribution in [-0.4, -0.2) is 18.0 Å². The minimum absolute atomic E-state index is 0.0591. The van der Waals surface area contributed by atoms with Gasteiger partial charge in [0.05, 0.1) is 12.7 Å². The molecule has 3 rings (SSSR count). The molecule has 0 saturated carbocycles. The van der Waals surface area contributed by atoms with Gasteiger partial charge in [-0.1, -0.05) is 6.07 Å². The van der Waals surface area contributed by atoms with Crippen molar-refractivity contribution in [2.24, 2.45) is 0 Å². The summed E-state index contributed by atoms with van der Waals surface area (Å²) in [7, 11) is 1.56. The maximum Gasteiger partial charge on any atom is 0.416 e. The second-order valence-corrected chi connectivity index (χ2v) is 6.16. The average Bonchev–Trinajstić information content (AvgIpc) is 3.11. The molecule has 0 unspecified atom stereocenters. The number of rotatable bonds is 4. The second kappa shape index (κ2) is 7.17. The Morgan fingerprint density at radius 3 is 2.54 bits per heavy atom. The van der Waals surface area contributed by atoms with Crippen molar-refractivity contribution in [3.8, 4) is 16.3 Å². The van der Waals surface area contributed by atoms with Gasteiger partial charge in [0.2, 0.25) is 0 Å². The molecule has 1 aromatic heterocycles. The van der Waals surface area contributed by atoms with Crippen LogP contribution in [0.1, 0.15) is 16.1 Å². The smallest absolute Gasteiger partial charge is 0.416 e. The number of halogens is 3. The Morgan fingerprint density at radius 2 is 1.88 bits per heavy atom. The minimum Gasteiger partial charge on any atom is -0.497 e. The Balaban J connectivity index is 1.76. The first-order valence-corrected chi connectivity index (χ1v) is 8.33. The van der Waals surface area contributed by atoms with Crippen LogP contribution in [0.5, 0.6) is 5.75 Å². The first-order valence-electron chi connectivity index (χ1n) is 7.45. The highest BCUT2D eigenvalue weighted by atomic mass is 32.1. The first-order chi connectivity index (χ1) is 12.4. The largest absolute Gasteiger partial charge is 0.497 e. The highest BCUT2D eigenvalue weighted by Gasteiger charge is 2.30. The molecule has 0 spiro atoms. The van der Waals surface area contributed by atoms with Gasteiger partial charge in [-0.15, -0.1) is 11.3 Å². The second-order valence-electron chi connectivity index (χ2n) is 5.30. The van der Waals surface area contributed by atoms with Gasteiger partial charge in [0.1, 0.15) is 16.5 Å². The van der Waals surface area contributed by atoms with Crippen LogP contribution in [0.25, 0.3) is 10.6 Å². The Morgan fingerprint density at radius 1 is 1.15 bits per heavy atom. The molecule has 1 amide bonds. The first kappa shape index (κ1) is 17.9. The van der Waals surface area contributed by atoms with E-state index in [0.717, 1.165) is 17.7 Å². The molecule has 4 nitrogen and oxygen atoms in total. The predicted molar refractivity (Wildman–Crippen MR) is 93.5 cm³/mol. The van der Waals surface area contributed by atoms with Crippen molar-refractivity contribution < 1.29 is 22.7 Å². The number of carbonyl (C=O) groups excluding carboxylic acids is 1. The summed E-state index contributed by atoms with van der Waals surface area (Å²) in [6, 6.07) is 11.6. The Kier molecular flexibility index (Phi) is 4.94. The van der Waals surface area contributed by atoms with Gasteiger partial charge in [0, 0.05) is 16.6 Å². The number of alkyl halides is 3. The number of methoxy groups -OCH3 is 1. The van der Waals surface area contributed by atoms with Crippen molar-refractivity contribution in [1.82, 2.24) is 4.98 Å². The SMILES string of the molecule is COc1ccc(-c2nc(C(=O)Nc3cccc(C(F)(F)F)c3)cs2)cc1. The number of nitrogens with one attached hydrogen (secondary N) is 1. The fourth-order valence-corrected chi connectivity index (χ4v) is 3.02. The highest BCUT2D eigenvalue weighted by Crippen LogP contribution is 2.31. The monoisotopic (exact) mass is 378 g/mol. The van der Waals surface area contributed by atoms with Crippen LogP contribution in [0.2, 0.25) is 0 Å². The molecule has 0 fully saturated rings. The molecule has 0 aliphatic rings. The van der Waals surface area contributed by atoms with Crippen molar-refractivity contribution >= 4 is 22.9 Å². The maximum absolute atomic E-state index is 12.7. The normalized spacial score (nSPS) is 11.2. The van der Waals surface area contributed by atoms with Gasteiger partial charge in [-0.05, 0) is 42.5 Å². The van der Waals surface area contributed by atoms with Crippen molar-refractivity contribution in [1.29, 1.82) is 0 Å². The van der Waals surface area contributed by atoms with E-state index in [1.807, 2.05) is 12.1 Å². The maximum atomic E-state index is 12.7. The summed E-state index contributed by atoms with van der Waals surface area (Å²) in [6.45, 7) is 0. The molecular weight excluding hydrogens is 365 g/mol. The molecule has 1 heterocycles. The van der Waals surface area contributed by atoms with E-state index in [0.29, 0.717) is 10.8 Å². The lowest BCUT2D eigenvalue weighted by Crippen LogP contribution is -2.13. The Labute approximate surface area is 151 Å². The fourth-order valence-electron chi connectivity index (χ4n) is 2.21. The van der Waals surface area contributed by atoms with Gasteiger partial charge in [-0.3, -0.25) is 4.79 Å². The zero-order chi connectivity index (χ0) is 18.7. The van der Waals surface area contributed by atoms with Gasteiger partial charge in [0.25, 0.3) is 5.91 Å². The zero-order valence-corrected chi connectivity index (χ0v) is 14.3. The number of amides is 1. The van der Waals surface area contributed by atoms with Crippen molar-refractivity contribution in [2.75, 3.05) is 12.4 Å². The van der Waals surface area contributed by atoms with E-state index in [1.165, 1.54) is 23.5 Å². The number of hydrogen-bond acceptors (Lipinski definition) is 4. The van der Waals surface area contributed by atoms with E-state index in [-0.39, 0.29) is 11.4 Å². The highest BCUT2D eigenvalue weighted by molar-refractivity contribution is 7.13. The number of benzene rings is 2. The number of ether oxygens (including phenoxy) is 1. The lowest BCUT2D eigenvalue weighted by molar-refractivity contribution is -0.137. The van der Waals surface area contributed by atoms with E-state index < -0.39 is 17.6 Å². The van der Waals surface area contributed by atoms with Crippen molar-refractivity contribution in [3.63, 3.8) is 0 Å². The molecule has 0 saturated heterocycles. The van der Waals surface area contributed by atoms with Crippen molar-refractivity contribution in [2.45, 2.75) is 6.18 Å². The molecular formula is C18H13F3N2O2S. The lowest BCUT2D eigenvalue weighted by Gasteiger charge is -2.09. The van der Waals surface area contributed by atoms with E-state index in [4.69, 9.17) is 4.74 Å². The standard InChI is InChI=1S/C18H13F3N2O2S/c1-25-14-7-5-11(6-8-14)17-23-15(10-26-17)16(24)22-13-4-2-3-12(9-13)18(19,20)21/h2-10H,1H3,(H,22,24). The lowest BCUT2D eigenvalue weighted by atomic mass is 10.2. The van der Waals surface area contributed by atoms with Crippen LogP contribution in [0.15, 0.2) is 53.9 Å². The summed E-state index contributed by atoms with van der Waals surface area (Å²) in [5, 5.41) is 4.62. The zero-order valence-electron chi connectivity index (χ0n) is 13.5. The number of nitrogens with zero attached hydrogens (tertiary/aromatic N) is 1. The van der Waals surface area contributed by atoms with Crippen LogP contribution < -0.4 is 10.1 Å². The van der Waals surface area contributed by atoms with Crippen LogP contribution in [0.4, 0.5) is 18.9 Å². The summed E-state index contributed by atoms with van der Waals surface area (Å²) in [5.41, 5.74) is 0.184. The molecule has 0 aliphatic heterocycles. The molecule has 0 radical (unpaired) electrons. The van der Waals surface area contributed by atoms with Gasteiger partial charge in [0.15, 0.2) is 0 Å². The number of anilines is 1. The van der Waals surface area contributed by atoms with Gasteiger partial charge < -0.3 is 10.1 Å². The van der Waals surface area contributed by atoms with Crippen LogP contribution in [0, 0.1) is 0 Å². The molecule has 0 aliphatic carbocycles. The summed E-state index contributed by atoms with van der Waals surface area (Å²) >= 11 is 1.27. The summed E-state index contributed by atoms with van der Waals surface area (Å²) in [5.74, 6) is 0.133. The molecule has 0 bridgehead atoms. The third-order valence-corrected chi connectivity index (χ3v) is 4.41. The van der Waals surface area contributed by atoms with Crippen LogP contribution in [-0.2, 0) is 6.18 Å². The van der Waals surface area contributed by atoms with Gasteiger partial charge >= 0.3 is 6.18 Å². The minimum atomic E-state index is -4.47. The number of aromatic nitrogens is 1. The number of thiazole rings is 1. The number of carbonyl (C=O) groups is 1. The van der Waals surface area contributed by atoms with Crippen LogP contribution in [0.3, 0.4) is 0 Å². The molecule has 26 heavy (non-hydrogen) atoms. The Bertz CT molecular complexity index is 921. The molecule has 3 aromatic rings. The van der Waals surface area contributed by atoms with Gasteiger partial charge in [-0.25, -0.2) is 4.98 Å². The molecule has 134 valence electrons. The summed E-state index contributed by atoms with van der Waals surface area (Å²) < 4.78 is 43.3. The molecule has 0 atom stereocenters. The predicted octanol–water partition coefficient (Wildman–Crippen LogP) is 5.09. The topological polar surface area (TPSA) is 51.2 Å². The van der Waals surface area contributed by atoms with E-state index >= 15 is 0 Å². The van der Waals surface area contributed by atoms with E-state index in [1.54, 1.807) is 24.6 Å². The number of hydrogen-bond donors (Lipinski definition) is 1. The average molecular weight is 378 g/mol. The van der Waals surface area contributed by atoms with Crippen LogP contribution >= 0.6 is 11.3 Å². The van der Waals surface area contributed by atoms with E-state index in [9.17, 15) is 18.0 Å². The molecule has 2 aromatic carbocycles. The molecule has 1 N–H and O–H groups in total. The third-order valence-electron chi connectivity index (χ3n) is 3.52. The summed E-state index contributed by atoms with van der Waals surface area (Å²) in [6.07, 6.45) is -4.47. The van der Waals surface area contributed by atoms with E-state index in [2.05, 4.69) is 10.3 Å². The fraction of sp³-hybridized carbons (Fsp3) is 0.111.